The molecule has 0 radical (unpaired) electrons. The van der Waals surface area contributed by atoms with E-state index in [-0.39, 0.29) is 0 Å². The number of rotatable bonds is 2. The Bertz CT molecular complexity index is 395. The number of para-hydroxylation sites is 1. The number of anilines is 2. The van der Waals surface area contributed by atoms with E-state index in [2.05, 4.69) is 15.3 Å². The largest absolute Gasteiger partial charge is 0.324 e. The Labute approximate surface area is 82.8 Å². The summed E-state index contributed by atoms with van der Waals surface area (Å²) >= 11 is 0. The van der Waals surface area contributed by atoms with Crippen molar-refractivity contribution in [2.24, 2.45) is 0 Å². The van der Waals surface area contributed by atoms with Crippen LogP contribution in [0.2, 0.25) is 0 Å². The first-order chi connectivity index (χ1) is 6.84. The van der Waals surface area contributed by atoms with Crippen LogP contribution in [0.4, 0.5) is 11.6 Å². The average molecular weight is 185 g/mol. The van der Waals surface area contributed by atoms with Gasteiger partial charge in [-0.2, -0.15) is 0 Å². The van der Waals surface area contributed by atoms with E-state index in [1.165, 1.54) is 0 Å². The van der Waals surface area contributed by atoms with Gasteiger partial charge in [-0.15, -0.1) is 0 Å². The third-order valence-corrected chi connectivity index (χ3v) is 1.81. The molecule has 0 spiro atoms. The molecule has 0 amide bonds. The van der Waals surface area contributed by atoms with Crippen molar-refractivity contribution < 1.29 is 0 Å². The zero-order chi connectivity index (χ0) is 9.80. The molecule has 0 fully saturated rings. The lowest BCUT2D eigenvalue weighted by molar-refractivity contribution is 1.13. The Hall–Kier alpha value is -1.90. The van der Waals surface area contributed by atoms with Crippen LogP contribution in [0, 0.1) is 6.92 Å². The summed E-state index contributed by atoms with van der Waals surface area (Å²) in [5, 5.41) is 3.11. The van der Waals surface area contributed by atoms with Crippen LogP contribution in [0.15, 0.2) is 42.7 Å². The molecule has 0 aliphatic heterocycles. The smallest absolute Gasteiger partial charge is 0.227 e. The standard InChI is InChI=1S/C11H11N3/c1-9-7-12-11(13-8-9)14-10-5-3-2-4-6-10/h2-8H,1H3,(H,12,13,14). The number of nitrogens with zero attached hydrogens (tertiary/aromatic N) is 2. The van der Waals surface area contributed by atoms with Gasteiger partial charge in [0.05, 0.1) is 0 Å². The molecule has 0 aliphatic rings. The summed E-state index contributed by atoms with van der Waals surface area (Å²) in [5.41, 5.74) is 2.06. The van der Waals surface area contributed by atoms with Crippen LogP contribution in [0.25, 0.3) is 0 Å². The molecule has 1 heterocycles. The number of benzene rings is 1. The molecule has 0 unspecified atom stereocenters. The molecule has 0 saturated heterocycles. The van der Waals surface area contributed by atoms with Crippen molar-refractivity contribution in [1.29, 1.82) is 0 Å². The highest BCUT2D eigenvalue weighted by Gasteiger charge is 1.94. The first-order valence-corrected chi connectivity index (χ1v) is 4.45. The molecule has 1 aromatic carbocycles. The van der Waals surface area contributed by atoms with Crippen LogP contribution in [0.1, 0.15) is 5.56 Å². The SMILES string of the molecule is Cc1cnc(Nc2ccccc2)nc1. The molecule has 0 aliphatic carbocycles. The zero-order valence-electron chi connectivity index (χ0n) is 7.94. The van der Waals surface area contributed by atoms with Crippen LogP contribution in [-0.4, -0.2) is 9.97 Å². The van der Waals surface area contributed by atoms with Gasteiger partial charge in [-0.25, -0.2) is 9.97 Å². The third kappa shape index (κ3) is 2.07. The number of aryl methyl sites for hydroxylation is 1. The van der Waals surface area contributed by atoms with E-state index in [1.807, 2.05) is 37.3 Å². The number of aromatic nitrogens is 2. The van der Waals surface area contributed by atoms with E-state index in [9.17, 15) is 0 Å². The minimum Gasteiger partial charge on any atom is -0.324 e. The molecular weight excluding hydrogens is 174 g/mol. The van der Waals surface area contributed by atoms with Crippen molar-refractivity contribution in [2.75, 3.05) is 5.32 Å². The Kier molecular flexibility index (Phi) is 2.40. The van der Waals surface area contributed by atoms with E-state index < -0.39 is 0 Å². The first-order valence-electron chi connectivity index (χ1n) is 4.45. The highest BCUT2D eigenvalue weighted by Crippen LogP contribution is 2.10. The predicted molar refractivity (Wildman–Crippen MR) is 56.5 cm³/mol. The molecular formula is C11H11N3. The summed E-state index contributed by atoms with van der Waals surface area (Å²) in [5.74, 6) is 0.627. The number of hydrogen-bond donors (Lipinski definition) is 1. The fourth-order valence-electron chi connectivity index (χ4n) is 1.11. The van der Waals surface area contributed by atoms with Gasteiger partial charge in [-0.05, 0) is 24.6 Å². The fourth-order valence-corrected chi connectivity index (χ4v) is 1.11. The molecule has 3 nitrogen and oxygen atoms in total. The van der Waals surface area contributed by atoms with Crippen LogP contribution < -0.4 is 5.32 Å². The van der Waals surface area contributed by atoms with Crippen molar-refractivity contribution in [1.82, 2.24) is 9.97 Å². The van der Waals surface area contributed by atoms with Crippen LogP contribution in [0.3, 0.4) is 0 Å². The van der Waals surface area contributed by atoms with Crippen LogP contribution in [0.5, 0.6) is 0 Å². The zero-order valence-corrected chi connectivity index (χ0v) is 7.94. The van der Waals surface area contributed by atoms with Gasteiger partial charge in [0.25, 0.3) is 0 Å². The third-order valence-electron chi connectivity index (χ3n) is 1.81. The maximum Gasteiger partial charge on any atom is 0.227 e. The van der Waals surface area contributed by atoms with Crippen LogP contribution in [-0.2, 0) is 0 Å². The van der Waals surface area contributed by atoms with Gasteiger partial charge < -0.3 is 5.32 Å². The summed E-state index contributed by atoms with van der Waals surface area (Å²) in [4.78, 5) is 8.30. The quantitative estimate of drug-likeness (QED) is 0.781. The van der Waals surface area contributed by atoms with E-state index in [0.717, 1.165) is 11.3 Å². The minimum absolute atomic E-state index is 0.627. The lowest BCUT2D eigenvalue weighted by atomic mass is 10.3. The van der Waals surface area contributed by atoms with Gasteiger partial charge in [0, 0.05) is 18.1 Å². The molecule has 2 aromatic rings. The summed E-state index contributed by atoms with van der Waals surface area (Å²) in [6.07, 6.45) is 3.58. The first kappa shape index (κ1) is 8.69. The number of nitrogens with one attached hydrogen (secondary N) is 1. The van der Waals surface area contributed by atoms with Gasteiger partial charge >= 0.3 is 0 Å². The van der Waals surface area contributed by atoms with Gasteiger partial charge in [0.2, 0.25) is 5.95 Å². The molecule has 1 N–H and O–H groups in total. The van der Waals surface area contributed by atoms with Crippen LogP contribution >= 0.6 is 0 Å². The summed E-state index contributed by atoms with van der Waals surface area (Å²) in [6.45, 7) is 1.96. The molecule has 70 valence electrons. The average Bonchev–Trinajstić information content (AvgIpc) is 2.23. The molecule has 0 saturated carbocycles. The minimum atomic E-state index is 0.627. The van der Waals surface area contributed by atoms with Gasteiger partial charge in [-0.1, -0.05) is 18.2 Å². The van der Waals surface area contributed by atoms with Crippen molar-refractivity contribution >= 4 is 11.6 Å². The molecule has 3 heteroatoms. The lowest BCUT2D eigenvalue weighted by Crippen LogP contribution is -1.96. The van der Waals surface area contributed by atoms with E-state index >= 15 is 0 Å². The summed E-state index contributed by atoms with van der Waals surface area (Å²) in [7, 11) is 0. The highest BCUT2D eigenvalue weighted by molar-refractivity contribution is 5.52. The van der Waals surface area contributed by atoms with Crippen molar-refractivity contribution in [3.8, 4) is 0 Å². The molecule has 1 aromatic heterocycles. The molecule has 0 bridgehead atoms. The Morgan fingerprint density at radius 3 is 2.29 bits per heavy atom. The second kappa shape index (κ2) is 3.87. The number of hydrogen-bond acceptors (Lipinski definition) is 3. The summed E-state index contributed by atoms with van der Waals surface area (Å²) in [6, 6.07) is 9.86. The second-order valence-corrected chi connectivity index (χ2v) is 3.08. The van der Waals surface area contributed by atoms with Gasteiger partial charge in [-0.3, -0.25) is 0 Å². The highest BCUT2D eigenvalue weighted by atomic mass is 15.1. The molecule has 0 atom stereocenters. The van der Waals surface area contributed by atoms with E-state index in [4.69, 9.17) is 0 Å². The predicted octanol–water partition coefficient (Wildman–Crippen LogP) is 2.53. The van der Waals surface area contributed by atoms with Crippen molar-refractivity contribution in [3.05, 3.63) is 48.3 Å². The van der Waals surface area contributed by atoms with Gasteiger partial charge in [0.15, 0.2) is 0 Å². The van der Waals surface area contributed by atoms with Crippen molar-refractivity contribution in [2.45, 2.75) is 6.92 Å². The second-order valence-electron chi connectivity index (χ2n) is 3.08. The molecule has 2 rings (SSSR count). The van der Waals surface area contributed by atoms with Gasteiger partial charge in [0.1, 0.15) is 0 Å². The fraction of sp³-hybridized carbons (Fsp3) is 0.0909. The van der Waals surface area contributed by atoms with E-state index in [1.54, 1.807) is 12.4 Å². The maximum atomic E-state index is 4.15. The maximum absolute atomic E-state index is 4.15. The molecule has 14 heavy (non-hydrogen) atoms. The Morgan fingerprint density at radius 2 is 1.64 bits per heavy atom. The Morgan fingerprint density at radius 1 is 1.00 bits per heavy atom. The Balaban J connectivity index is 2.16. The normalized spacial score (nSPS) is 9.79. The lowest BCUT2D eigenvalue weighted by Gasteiger charge is -2.03. The summed E-state index contributed by atoms with van der Waals surface area (Å²) < 4.78 is 0. The topological polar surface area (TPSA) is 37.8 Å². The monoisotopic (exact) mass is 185 g/mol. The van der Waals surface area contributed by atoms with E-state index in [0.29, 0.717) is 5.95 Å². The van der Waals surface area contributed by atoms with Crippen molar-refractivity contribution in [3.63, 3.8) is 0 Å².